The maximum Gasteiger partial charge on any atom is 0.257 e. The Morgan fingerprint density at radius 3 is 2.33 bits per heavy atom. The topological polar surface area (TPSA) is 67.4 Å². The number of hydrogen-bond donors (Lipinski definition) is 2. The molecule has 0 saturated carbocycles. The number of rotatable bonds is 7. The molecule has 30 heavy (non-hydrogen) atoms. The molecule has 0 aliphatic heterocycles. The first-order valence-corrected chi connectivity index (χ1v) is 9.81. The predicted octanol–water partition coefficient (Wildman–Crippen LogP) is 5.64. The van der Waals surface area contributed by atoms with Crippen LogP contribution in [0, 0.1) is 0 Å². The molecule has 0 heterocycles. The first-order chi connectivity index (χ1) is 14.5. The number of benzene rings is 3. The maximum absolute atomic E-state index is 12.7. The lowest BCUT2D eigenvalue weighted by Gasteiger charge is -2.11. The fourth-order valence-corrected chi connectivity index (χ4v) is 2.84. The molecule has 3 rings (SSSR count). The van der Waals surface area contributed by atoms with Crippen LogP contribution in [0.25, 0.3) is 6.08 Å². The molecule has 6 heteroatoms. The molecule has 152 valence electrons. The minimum absolute atomic E-state index is 0.322. The zero-order chi connectivity index (χ0) is 21.3. The molecule has 0 aliphatic rings. The number of amides is 2. The van der Waals surface area contributed by atoms with Gasteiger partial charge in [0.1, 0.15) is 5.75 Å². The van der Waals surface area contributed by atoms with Crippen molar-refractivity contribution in [2.24, 2.45) is 0 Å². The lowest BCUT2D eigenvalue weighted by atomic mass is 10.1. The average molecular weight is 421 g/mol. The van der Waals surface area contributed by atoms with E-state index in [1.807, 2.05) is 19.1 Å². The van der Waals surface area contributed by atoms with Gasteiger partial charge in [0.2, 0.25) is 5.91 Å². The van der Waals surface area contributed by atoms with Gasteiger partial charge in [0, 0.05) is 16.8 Å². The second kappa shape index (κ2) is 10.3. The standard InChI is InChI=1S/C24H21ClN2O3/c1-2-30-20-14-12-19(13-15-20)26-24(29)21-5-3-4-6-22(21)27-23(28)16-9-17-7-10-18(25)11-8-17/h3-16H,2H2,1H3,(H,26,29)(H,27,28)/b16-9+. The van der Waals surface area contributed by atoms with Crippen LogP contribution in [-0.2, 0) is 4.79 Å². The molecular weight excluding hydrogens is 400 g/mol. The molecule has 5 nitrogen and oxygen atoms in total. The number of carbonyl (C=O) groups is 2. The van der Waals surface area contributed by atoms with Gasteiger partial charge in [-0.3, -0.25) is 9.59 Å². The highest BCUT2D eigenvalue weighted by Crippen LogP contribution is 2.20. The Labute approximate surface area is 180 Å². The molecule has 0 aromatic heterocycles. The van der Waals surface area contributed by atoms with Gasteiger partial charge in [0.05, 0.1) is 17.9 Å². The lowest BCUT2D eigenvalue weighted by molar-refractivity contribution is -0.111. The minimum atomic E-state index is -0.341. The van der Waals surface area contributed by atoms with Gasteiger partial charge in [-0.25, -0.2) is 0 Å². The van der Waals surface area contributed by atoms with E-state index >= 15 is 0 Å². The number of anilines is 2. The first-order valence-electron chi connectivity index (χ1n) is 9.43. The van der Waals surface area contributed by atoms with E-state index in [2.05, 4.69) is 10.6 Å². The molecule has 2 amide bonds. The quantitative estimate of drug-likeness (QED) is 0.486. The molecule has 0 saturated heterocycles. The molecule has 0 aliphatic carbocycles. The van der Waals surface area contributed by atoms with Gasteiger partial charge in [-0.2, -0.15) is 0 Å². The normalized spacial score (nSPS) is 10.6. The summed E-state index contributed by atoms with van der Waals surface area (Å²) in [5, 5.41) is 6.21. The number of para-hydroxylation sites is 1. The molecule has 2 N–H and O–H groups in total. The minimum Gasteiger partial charge on any atom is -0.494 e. The van der Waals surface area contributed by atoms with Gasteiger partial charge in [-0.05, 0) is 67.1 Å². The van der Waals surface area contributed by atoms with Crippen molar-refractivity contribution in [3.8, 4) is 5.75 Å². The second-order valence-corrected chi connectivity index (χ2v) is 6.77. The van der Waals surface area contributed by atoms with Crippen molar-refractivity contribution in [2.75, 3.05) is 17.2 Å². The molecule has 0 fully saturated rings. The highest BCUT2D eigenvalue weighted by molar-refractivity contribution is 6.30. The highest BCUT2D eigenvalue weighted by Gasteiger charge is 2.12. The Morgan fingerprint density at radius 1 is 0.933 bits per heavy atom. The lowest BCUT2D eigenvalue weighted by Crippen LogP contribution is -2.17. The summed E-state index contributed by atoms with van der Waals surface area (Å²) in [7, 11) is 0. The van der Waals surface area contributed by atoms with E-state index < -0.39 is 0 Å². The Kier molecular flexibility index (Phi) is 7.24. The molecule has 0 atom stereocenters. The zero-order valence-corrected chi connectivity index (χ0v) is 17.1. The molecule has 3 aromatic carbocycles. The van der Waals surface area contributed by atoms with Crippen LogP contribution in [0.2, 0.25) is 5.02 Å². The predicted molar refractivity (Wildman–Crippen MR) is 121 cm³/mol. The summed E-state index contributed by atoms with van der Waals surface area (Å²) in [6, 6.07) is 21.1. The van der Waals surface area contributed by atoms with Crippen LogP contribution in [-0.4, -0.2) is 18.4 Å². The Morgan fingerprint density at radius 2 is 1.63 bits per heavy atom. The van der Waals surface area contributed by atoms with Crippen LogP contribution >= 0.6 is 11.6 Å². The summed E-state index contributed by atoms with van der Waals surface area (Å²) >= 11 is 5.86. The van der Waals surface area contributed by atoms with Crippen molar-refractivity contribution in [1.29, 1.82) is 0 Å². The number of carbonyl (C=O) groups excluding carboxylic acids is 2. The van der Waals surface area contributed by atoms with Gasteiger partial charge < -0.3 is 15.4 Å². The third kappa shape index (κ3) is 5.96. The summed E-state index contributed by atoms with van der Waals surface area (Å²) in [5.74, 6) is 0.0682. The molecule has 3 aromatic rings. The fourth-order valence-electron chi connectivity index (χ4n) is 2.71. The van der Waals surface area contributed by atoms with Crippen molar-refractivity contribution >= 4 is 40.9 Å². The summed E-state index contributed by atoms with van der Waals surface area (Å²) in [4.78, 5) is 25.0. The van der Waals surface area contributed by atoms with E-state index in [0.29, 0.717) is 28.6 Å². The Hall–Kier alpha value is -3.57. The van der Waals surface area contributed by atoms with Crippen LogP contribution in [0.15, 0.2) is 78.9 Å². The van der Waals surface area contributed by atoms with Crippen LogP contribution in [0.1, 0.15) is 22.8 Å². The Balaban J connectivity index is 1.67. The van der Waals surface area contributed by atoms with Crippen molar-refractivity contribution < 1.29 is 14.3 Å². The fraction of sp³-hybridized carbons (Fsp3) is 0.0833. The zero-order valence-electron chi connectivity index (χ0n) is 16.4. The van der Waals surface area contributed by atoms with Crippen molar-refractivity contribution in [3.63, 3.8) is 0 Å². The van der Waals surface area contributed by atoms with Crippen LogP contribution < -0.4 is 15.4 Å². The Bertz CT molecular complexity index is 1040. The van der Waals surface area contributed by atoms with E-state index in [1.165, 1.54) is 6.08 Å². The molecular formula is C24H21ClN2O3. The second-order valence-electron chi connectivity index (χ2n) is 6.33. The summed E-state index contributed by atoms with van der Waals surface area (Å²) < 4.78 is 5.40. The van der Waals surface area contributed by atoms with Gasteiger partial charge >= 0.3 is 0 Å². The molecule has 0 bridgehead atoms. The number of hydrogen-bond acceptors (Lipinski definition) is 3. The van der Waals surface area contributed by atoms with Gasteiger partial charge in [-0.1, -0.05) is 35.9 Å². The molecule has 0 spiro atoms. The third-order valence-corrected chi connectivity index (χ3v) is 4.40. The summed E-state index contributed by atoms with van der Waals surface area (Å²) in [5.41, 5.74) is 2.26. The van der Waals surface area contributed by atoms with Crippen LogP contribution in [0.5, 0.6) is 5.75 Å². The van der Waals surface area contributed by atoms with Crippen molar-refractivity contribution in [2.45, 2.75) is 6.92 Å². The van der Waals surface area contributed by atoms with Crippen LogP contribution in [0.4, 0.5) is 11.4 Å². The van der Waals surface area contributed by atoms with Crippen molar-refractivity contribution in [3.05, 3.63) is 95.0 Å². The van der Waals surface area contributed by atoms with Gasteiger partial charge in [0.15, 0.2) is 0 Å². The van der Waals surface area contributed by atoms with Gasteiger partial charge in [0.25, 0.3) is 5.91 Å². The third-order valence-electron chi connectivity index (χ3n) is 4.15. The first kappa shape index (κ1) is 21.1. The molecule has 0 unspecified atom stereocenters. The number of halogens is 1. The van der Waals surface area contributed by atoms with E-state index in [-0.39, 0.29) is 11.8 Å². The van der Waals surface area contributed by atoms with Gasteiger partial charge in [-0.15, -0.1) is 0 Å². The average Bonchev–Trinajstić information content (AvgIpc) is 2.75. The maximum atomic E-state index is 12.7. The largest absolute Gasteiger partial charge is 0.494 e. The summed E-state index contributed by atoms with van der Waals surface area (Å²) in [6.07, 6.45) is 3.08. The smallest absolute Gasteiger partial charge is 0.257 e. The van der Waals surface area contributed by atoms with E-state index in [1.54, 1.807) is 66.7 Å². The molecule has 0 radical (unpaired) electrons. The van der Waals surface area contributed by atoms with E-state index in [0.717, 1.165) is 11.3 Å². The number of ether oxygens (including phenoxy) is 1. The number of nitrogens with one attached hydrogen (secondary N) is 2. The SMILES string of the molecule is CCOc1ccc(NC(=O)c2ccccc2NC(=O)/C=C/c2ccc(Cl)cc2)cc1. The van der Waals surface area contributed by atoms with Crippen LogP contribution in [0.3, 0.4) is 0 Å². The van der Waals surface area contributed by atoms with Crippen molar-refractivity contribution in [1.82, 2.24) is 0 Å². The summed E-state index contributed by atoms with van der Waals surface area (Å²) in [6.45, 7) is 2.48. The van der Waals surface area contributed by atoms with E-state index in [9.17, 15) is 9.59 Å². The highest BCUT2D eigenvalue weighted by atomic mass is 35.5. The monoisotopic (exact) mass is 420 g/mol. The van der Waals surface area contributed by atoms with E-state index in [4.69, 9.17) is 16.3 Å².